The Balaban J connectivity index is 1.62. The van der Waals surface area contributed by atoms with Gasteiger partial charge in [-0.2, -0.15) is 0 Å². The molecule has 0 saturated carbocycles. The monoisotopic (exact) mass is 390 g/mol. The lowest BCUT2D eigenvalue weighted by Crippen LogP contribution is -1.59. The maximum Gasteiger partial charge on any atom is 0.0893 e. The minimum absolute atomic E-state index is 1.42. The second-order valence-electron chi connectivity index (χ2n) is 5.07. The maximum atomic E-state index is 2.39. The van der Waals surface area contributed by atoms with Crippen molar-refractivity contribution in [2.75, 3.05) is 0 Å². The minimum Gasteiger partial charge on any atom is -0.133 e. The molecule has 0 aliphatic heterocycles. The van der Waals surface area contributed by atoms with Crippen LogP contribution < -0.4 is 0 Å². The zero-order chi connectivity index (χ0) is 14.3. The smallest absolute Gasteiger partial charge is 0.0893 e. The number of hydrogen-bond acceptors (Lipinski definition) is 6. The van der Waals surface area contributed by atoms with Crippen molar-refractivity contribution in [3.8, 4) is 9.75 Å². The lowest BCUT2D eigenvalue weighted by atomic mass is 10.2. The summed E-state index contributed by atoms with van der Waals surface area (Å²) in [5, 5.41) is 10.2. The van der Waals surface area contributed by atoms with Crippen LogP contribution in [-0.4, -0.2) is 0 Å². The molecule has 0 radical (unpaired) electrons. The van der Waals surface area contributed by atoms with Gasteiger partial charge in [0.15, 0.2) is 0 Å². The first-order valence-corrected chi connectivity index (χ1v) is 11.7. The fourth-order valence-corrected chi connectivity index (χ4v) is 10.4. The van der Waals surface area contributed by atoms with Gasteiger partial charge in [-0.3, -0.25) is 0 Å². The zero-order valence-electron chi connectivity index (χ0n) is 10.9. The van der Waals surface area contributed by atoms with E-state index in [-0.39, 0.29) is 0 Å². The summed E-state index contributed by atoms with van der Waals surface area (Å²) in [7, 11) is 0. The summed E-state index contributed by atoms with van der Waals surface area (Å²) >= 11 is 11.5. The van der Waals surface area contributed by atoms with E-state index in [9.17, 15) is 0 Å². The lowest BCUT2D eigenvalue weighted by molar-refractivity contribution is 2.03. The van der Waals surface area contributed by atoms with Gasteiger partial charge in [-0.25, -0.2) is 0 Å². The van der Waals surface area contributed by atoms with E-state index in [2.05, 4.69) is 35.0 Å². The van der Waals surface area contributed by atoms with Gasteiger partial charge in [0.1, 0.15) is 0 Å². The van der Waals surface area contributed by atoms with Crippen molar-refractivity contribution < 1.29 is 0 Å². The van der Waals surface area contributed by atoms with Crippen molar-refractivity contribution in [2.45, 2.75) is 0 Å². The third kappa shape index (κ3) is 1.60. The predicted octanol–water partition coefficient (Wildman–Crippen LogP) is 8.34. The second kappa shape index (κ2) is 4.41. The zero-order valence-corrected chi connectivity index (χ0v) is 15.8. The average Bonchev–Trinajstić information content (AvgIpc) is 3.24. The van der Waals surface area contributed by atoms with Crippen molar-refractivity contribution >= 4 is 106 Å². The van der Waals surface area contributed by atoms with E-state index in [0.29, 0.717) is 0 Å². The van der Waals surface area contributed by atoms with Crippen molar-refractivity contribution in [1.82, 2.24) is 0 Å². The molecule has 0 aliphatic rings. The molecule has 0 fully saturated rings. The third-order valence-corrected chi connectivity index (χ3v) is 11.0. The molecule has 0 aliphatic carbocycles. The summed E-state index contributed by atoms with van der Waals surface area (Å²) in [5.41, 5.74) is 0. The van der Waals surface area contributed by atoms with Gasteiger partial charge >= 0.3 is 0 Å². The topological polar surface area (TPSA) is 0 Å². The van der Waals surface area contributed by atoms with Crippen molar-refractivity contribution in [2.24, 2.45) is 0 Å². The van der Waals surface area contributed by atoms with Gasteiger partial charge in [0, 0.05) is 31.3 Å². The quantitative estimate of drug-likeness (QED) is 0.265. The SMILES string of the molecule is c1cc2c(s1)sc1sc(-c3cc4c(s3)sc3sccc34)cc12. The predicted molar refractivity (Wildman–Crippen MR) is 109 cm³/mol. The van der Waals surface area contributed by atoms with Gasteiger partial charge in [-0.1, -0.05) is 0 Å². The van der Waals surface area contributed by atoms with Gasteiger partial charge in [0.25, 0.3) is 0 Å². The molecule has 6 aromatic rings. The highest BCUT2D eigenvalue weighted by molar-refractivity contribution is 7.51. The highest BCUT2D eigenvalue weighted by atomic mass is 32.2. The summed E-state index contributed by atoms with van der Waals surface area (Å²) in [6, 6.07) is 9.31. The lowest BCUT2D eigenvalue weighted by Gasteiger charge is -1.88. The van der Waals surface area contributed by atoms with Crippen LogP contribution in [0, 0.1) is 0 Å². The largest absolute Gasteiger partial charge is 0.133 e. The summed E-state index contributed by atoms with van der Waals surface area (Å²) in [6.45, 7) is 0. The minimum atomic E-state index is 1.42. The molecule has 0 unspecified atom stereocenters. The Morgan fingerprint density at radius 2 is 1.00 bits per heavy atom. The molecule has 0 saturated heterocycles. The molecule has 6 rings (SSSR count). The highest BCUT2D eigenvalue weighted by Gasteiger charge is 2.15. The van der Waals surface area contributed by atoms with Gasteiger partial charge in [-0.05, 0) is 35.0 Å². The van der Waals surface area contributed by atoms with Crippen LogP contribution >= 0.6 is 68.0 Å². The van der Waals surface area contributed by atoms with Crippen LogP contribution in [0.5, 0.6) is 0 Å². The van der Waals surface area contributed by atoms with E-state index in [1.807, 2.05) is 68.0 Å². The molecule has 6 heterocycles. The molecule has 0 spiro atoms. The van der Waals surface area contributed by atoms with Crippen LogP contribution in [0.2, 0.25) is 0 Å². The van der Waals surface area contributed by atoms with Gasteiger partial charge in [0.05, 0.1) is 16.1 Å². The first kappa shape index (κ1) is 12.6. The van der Waals surface area contributed by atoms with E-state index in [1.54, 1.807) is 0 Å². The molecule has 6 heteroatoms. The molecule has 0 amide bonds. The van der Waals surface area contributed by atoms with Gasteiger partial charge in [-0.15, -0.1) is 68.0 Å². The van der Waals surface area contributed by atoms with E-state index >= 15 is 0 Å². The third-order valence-electron chi connectivity index (χ3n) is 3.85. The molecule has 22 heavy (non-hydrogen) atoms. The Morgan fingerprint density at radius 1 is 0.500 bits per heavy atom. The number of thiophene rings is 6. The van der Waals surface area contributed by atoms with Crippen LogP contribution in [0.4, 0.5) is 0 Å². The van der Waals surface area contributed by atoms with Crippen LogP contribution in [0.25, 0.3) is 47.4 Å². The Kier molecular flexibility index (Phi) is 2.53. The number of fused-ring (bicyclic) bond motifs is 6. The van der Waals surface area contributed by atoms with Crippen molar-refractivity contribution in [3.05, 3.63) is 35.0 Å². The second-order valence-corrected chi connectivity index (χ2v) is 12.1. The molecular formula is C16H6S6. The van der Waals surface area contributed by atoms with E-state index in [1.165, 1.54) is 47.4 Å². The van der Waals surface area contributed by atoms with E-state index in [0.717, 1.165) is 0 Å². The Hall–Kier alpha value is -0.760. The number of hydrogen-bond donors (Lipinski definition) is 0. The summed E-state index contributed by atoms with van der Waals surface area (Å²) in [4.78, 5) is 2.84. The van der Waals surface area contributed by atoms with Gasteiger partial charge in [0.2, 0.25) is 0 Å². The molecule has 0 atom stereocenters. The molecule has 0 bridgehead atoms. The first-order chi connectivity index (χ1) is 10.9. The van der Waals surface area contributed by atoms with Crippen molar-refractivity contribution in [1.29, 1.82) is 0 Å². The summed E-state index contributed by atoms with van der Waals surface area (Å²) < 4.78 is 5.85. The first-order valence-electron chi connectivity index (χ1n) is 6.66. The van der Waals surface area contributed by atoms with Crippen molar-refractivity contribution in [3.63, 3.8) is 0 Å². The normalized spacial score (nSPS) is 12.5. The standard InChI is InChI=1S/C16H6S6/c1-3-17-13-7(1)9-5-11(19-15(9)21-13)12-6-10-8-2-4-18-14(8)22-16(10)20-12/h1-6H. The van der Waals surface area contributed by atoms with Crippen LogP contribution in [0.1, 0.15) is 0 Å². The van der Waals surface area contributed by atoms with E-state index in [4.69, 9.17) is 0 Å². The molecule has 6 aromatic heterocycles. The average molecular weight is 391 g/mol. The molecule has 0 nitrogen and oxygen atoms in total. The summed E-state index contributed by atoms with van der Waals surface area (Å²) in [6.07, 6.45) is 0. The molecule has 106 valence electrons. The number of rotatable bonds is 1. The molecule has 0 N–H and O–H groups in total. The Labute approximate surface area is 149 Å². The molecule has 0 aromatic carbocycles. The maximum absolute atomic E-state index is 2.39. The van der Waals surface area contributed by atoms with Crippen LogP contribution in [-0.2, 0) is 0 Å². The molecular weight excluding hydrogens is 385 g/mol. The fourth-order valence-electron chi connectivity index (χ4n) is 2.84. The fraction of sp³-hybridized carbons (Fsp3) is 0. The highest BCUT2D eigenvalue weighted by Crippen LogP contribution is 2.49. The van der Waals surface area contributed by atoms with Gasteiger partial charge < -0.3 is 0 Å². The van der Waals surface area contributed by atoms with E-state index < -0.39 is 0 Å². The summed E-state index contributed by atoms with van der Waals surface area (Å²) in [5.74, 6) is 0. The van der Waals surface area contributed by atoms with Crippen LogP contribution in [0.15, 0.2) is 35.0 Å². The van der Waals surface area contributed by atoms with Crippen LogP contribution in [0.3, 0.4) is 0 Å². The Bertz CT molecular complexity index is 1180. The Morgan fingerprint density at radius 3 is 1.50 bits per heavy atom.